The summed E-state index contributed by atoms with van der Waals surface area (Å²) >= 11 is 0. The Balaban J connectivity index is 2.70. The van der Waals surface area contributed by atoms with Crippen molar-refractivity contribution in [2.24, 2.45) is 11.7 Å². The van der Waals surface area contributed by atoms with E-state index in [4.69, 9.17) is 10.5 Å². The van der Waals surface area contributed by atoms with E-state index in [1.165, 1.54) is 19.3 Å². The first-order valence-electron chi connectivity index (χ1n) is 7.56. The Labute approximate surface area is 117 Å². The molecule has 0 amide bonds. The van der Waals surface area contributed by atoms with E-state index in [0.29, 0.717) is 5.92 Å². The number of hydrogen-bond donors (Lipinski definition) is 1. The first kappa shape index (κ1) is 16.0. The van der Waals surface area contributed by atoms with E-state index in [2.05, 4.69) is 25.8 Å². The van der Waals surface area contributed by atoms with Crippen molar-refractivity contribution in [2.75, 3.05) is 6.61 Å². The highest BCUT2D eigenvalue weighted by Crippen LogP contribution is 2.28. The second kappa shape index (κ2) is 8.92. The second-order valence-corrected chi connectivity index (χ2v) is 5.14. The van der Waals surface area contributed by atoms with E-state index < -0.39 is 0 Å². The van der Waals surface area contributed by atoms with Gasteiger partial charge in [-0.05, 0) is 30.4 Å². The summed E-state index contributed by atoms with van der Waals surface area (Å²) in [4.78, 5) is 4.25. The van der Waals surface area contributed by atoms with Crippen LogP contribution in [0, 0.1) is 5.92 Å². The molecule has 108 valence electrons. The Morgan fingerprint density at radius 3 is 2.63 bits per heavy atom. The molecule has 1 aromatic rings. The number of aromatic nitrogens is 1. The van der Waals surface area contributed by atoms with Gasteiger partial charge in [-0.3, -0.25) is 4.98 Å². The summed E-state index contributed by atoms with van der Waals surface area (Å²) in [7, 11) is 0. The fourth-order valence-corrected chi connectivity index (χ4v) is 2.29. The molecular weight excluding hydrogens is 236 g/mol. The molecule has 2 N–H and O–H groups in total. The maximum atomic E-state index is 6.39. The third kappa shape index (κ3) is 5.19. The molecule has 3 nitrogen and oxygen atoms in total. The topological polar surface area (TPSA) is 48.1 Å². The SMILES string of the molecule is CCCCC(CC)C(N)c1cncc(OCCC)c1. The molecule has 0 spiro atoms. The highest BCUT2D eigenvalue weighted by atomic mass is 16.5. The minimum Gasteiger partial charge on any atom is -0.492 e. The molecular formula is C16H28N2O. The molecule has 0 aliphatic heterocycles. The van der Waals surface area contributed by atoms with Crippen LogP contribution in [0.1, 0.15) is 64.5 Å². The van der Waals surface area contributed by atoms with Crippen LogP contribution in [0.4, 0.5) is 0 Å². The zero-order valence-corrected chi connectivity index (χ0v) is 12.6. The van der Waals surface area contributed by atoms with Crippen molar-refractivity contribution < 1.29 is 4.74 Å². The van der Waals surface area contributed by atoms with E-state index in [9.17, 15) is 0 Å². The summed E-state index contributed by atoms with van der Waals surface area (Å²) in [5.74, 6) is 1.36. The van der Waals surface area contributed by atoms with Crippen molar-refractivity contribution in [2.45, 2.75) is 58.9 Å². The lowest BCUT2D eigenvalue weighted by molar-refractivity contribution is 0.314. The van der Waals surface area contributed by atoms with Gasteiger partial charge in [-0.15, -0.1) is 0 Å². The van der Waals surface area contributed by atoms with Gasteiger partial charge in [0.2, 0.25) is 0 Å². The minimum absolute atomic E-state index is 0.0641. The third-order valence-corrected chi connectivity index (χ3v) is 3.55. The van der Waals surface area contributed by atoms with Crippen molar-refractivity contribution in [3.63, 3.8) is 0 Å². The van der Waals surface area contributed by atoms with Crippen molar-refractivity contribution in [3.8, 4) is 5.75 Å². The van der Waals surface area contributed by atoms with Crippen LogP contribution in [-0.4, -0.2) is 11.6 Å². The van der Waals surface area contributed by atoms with Gasteiger partial charge >= 0.3 is 0 Å². The van der Waals surface area contributed by atoms with Gasteiger partial charge in [-0.25, -0.2) is 0 Å². The Bertz CT molecular complexity index is 354. The molecule has 0 saturated heterocycles. The number of unbranched alkanes of at least 4 members (excludes halogenated alkanes) is 1. The minimum atomic E-state index is 0.0641. The second-order valence-electron chi connectivity index (χ2n) is 5.14. The lowest BCUT2D eigenvalue weighted by atomic mass is 9.88. The molecule has 0 aliphatic carbocycles. The van der Waals surface area contributed by atoms with Crippen molar-refractivity contribution in [3.05, 3.63) is 24.0 Å². The monoisotopic (exact) mass is 264 g/mol. The largest absolute Gasteiger partial charge is 0.492 e. The molecule has 19 heavy (non-hydrogen) atoms. The summed E-state index contributed by atoms with van der Waals surface area (Å²) in [6, 6.07) is 2.11. The predicted octanol–water partition coefficient (Wildman–Crippen LogP) is 4.09. The summed E-state index contributed by atoms with van der Waals surface area (Å²) in [5, 5.41) is 0. The maximum Gasteiger partial charge on any atom is 0.137 e. The third-order valence-electron chi connectivity index (χ3n) is 3.55. The fraction of sp³-hybridized carbons (Fsp3) is 0.688. The number of nitrogens with two attached hydrogens (primary N) is 1. The van der Waals surface area contributed by atoms with Gasteiger partial charge in [0.25, 0.3) is 0 Å². The maximum absolute atomic E-state index is 6.39. The van der Waals surface area contributed by atoms with Crippen LogP contribution in [-0.2, 0) is 0 Å². The van der Waals surface area contributed by atoms with Crippen LogP contribution in [0.3, 0.4) is 0 Å². The van der Waals surface area contributed by atoms with Crippen LogP contribution >= 0.6 is 0 Å². The molecule has 0 saturated carbocycles. The van der Waals surface area contributed by atoms with Crippen LogP contribution in [0.2, 0.25) is 0 Å². The highest BCUT2D eigenvalue weighted by molar-refractivity contribution is 5.26. The summed E-state index contributed by atoms with van der Waals surface area (Å²) in [6.45, 7) is 7.26. The molecule has 1 rings (SSSR count). The summed E-state index contributed by atoms with van der Waals surface area (Å²) in [6.07, 6.45) is 9.41. The van der Waals surface area contributed by atoms with E-state index in [-0.39, 0.29) is 6.04 Å². The molecule has 0 radical (unpaired) electrons. The van der Waals surface area contributed by atoms with Gasteiger partial charge in [-0.2, -0.15) is 0 Å². The summed E-state index contributed by atoms with van der Waals surface area (Å²) < 4.78 is 5.62. The predicted molar refractivity (Wildman–Crippen MR) is 80.3 cm³/mol. The average molecular weight is 264 g/mol. The van der Waals surface area contributed by atoms with Crippen LogP contribution in [0.25, 0.3) is 0 Å². The molecule has 2 unspecified atom stereocenters. The Hall–Kier alpha value is -1.09. The van der Waals surface area contributed by atoms with Crippen LogP contribution < -0.4 is 10.5 Å². The first-order valence-corrected chi connectivity index (χ1v) is 7.56. The van der Waals surface area contributed by atoms with Crippen molar-refractivity contribution in [1.29, 1.82) is 0 Å². The molecule has 0 fully saturated rings. The number of ether oxygens (including phenoxy) is 1. The van der Waals surface area contributed by atoms with Gasteiger partial charge in [0, 0.05) is 12.2 Å². The van der Waals surface area contributed by atoms with Crippen molar-refractivity contribution in [1.82, 2.24) is 4.98 Å². The average Bonchev–Trinajstić information content (AvgIpc) is 2.46. The van der Waals surface area contributed by atoms with E-state index >= 15 is 0 Å². The van der Waals surface area contributed by atoms with E-state index in [1.54, 1.807) is 6.20 Å². The number of rotatable bonds is 9. The molecule has 1 aromatic heterocycles. The van der Waals surface area contributed by atoms with E-state index in [1.807, 2.05) is 12.3 Å². The molecule has 0 aromatic carbocycles. The lowest BCUT2D eigenvalue weighted by Gasteiger charge is -2.23. The van der Waals surface area contributed by atoms with Gasteiger partial charge in [0.05, 0.1) is 12.8 Å². The van der Waals surface area contributed by atoms with E-state index in [0.717, 1.165) is 30.8 Å². The first-order chi connectivity index (χ1) is 9.22. The standard InChI is InChI=1S/C16H28N2O/c1-4-7-8-13(6-3)16(17)14-10-15(12-18-11-14)19-9-5-2/h10-13,16H,4-9,17H2,1-3H3. The fourth-order valence-electron chi connectivity index (χ4n) is 2.29. The quantitative estimate of drug-likeness (QED) is 0.731. The number of hydrogen-bond acceptors (Lipinski definition) is 3. The molecule has 0 aliphatic rings. The highest BCUT2D eigenvalue weighted by Gasteiger charge is 2.18. The van der Waals surface area contributed by atoms with Crippen LogP contribution in [0.15, 0.2) is 18.5 Å². The van der Waals surface area contributed by atoms with Gasteiger partial charge in [-0.1, -0.05) is 40.0 Å². The lowest BCUT2D eigenvalue weighted by Crippen LogP contribution is -2.21. The Morgan fingerprint density at radius 1 is 1.21 bits per heavy atom. The zero-order valence-electron chi connectivity index (χ0n) is 12.6. The van der Waals surface area contributed by atoms with Gasteiger partial charge < -0.3 is 10.5 Å². The smallest absolute Gasteiger partial charge is 0.137 e. The Kier molecular flexibility index (Phi) is 7.49. The van der Waals surface area contributed by atoms with Crippen molar-refractivity contribution >= 4 is 0 Å². The normalized spacial score (nSPS) is 14.1. The number of nitrogens with zero attached hydrogens (tertiary/aromatic N) is 1. The summed E-state index contributed by atoms with van der Waals surface area (Å²) in [5.41, 5.74) is 7.49. The molecule has 3 heteroatoms. The van der Waals surface area contributed by atoms with Gasteiger partial charge in [0.1, 0.15) is 5.75 Å². The zero-order chi connectivity index (χ0) is 14.1. The molecule has 1 heterocycles. The number of pyridine rings is 1. The Morgan fingerprint density at radius 2 is 2.00 bits per heavy atom. The van der Waals surface area contributed by atoms with Crippen LogP contribution in [0.5, 0.6) is 5.75 Å². The molecule has 2 atom stereocenters. The van der Waals surface area contributed by atoms with Gasteiger partial charge in [0.15, 0.2) is 0 Å². The molecule has 0 bridgehead atoms.